The molecule has 1 aliphatic carbocycles. The SMILES string of the molecule is CC(=O)Nc1ccc(OCCNC[C@H](O)COc2ccc3c(c2)OC[C@@H](COCC2CC2)O3)cc1. The van der Waals surface area contributed by atoms with Crippen molar-refractivity contribution in [2.75, 3.05) is 51.4 Å². The smallest absolute Gasteiger partial charge is 0.221 e. The number of rotatable bonds is 14. The predicted octanol–water partition coefficient (Wildman–Crippen LogP) is 2.62. The van der Waals surface area contributed by atoms with E-state index < -0.39 is 6.10 Å². The molecular weight excluding hydrogens is 452 g/mol. The maximum absolute atomic E-state index is 11.0. The number of aliphatic hydroxyl groups is 1. The van der Waals surface area contributed by atoms with Crippen molar-refractivity contribution in [3.63, 3.8) is 0 Å². The molecular formula is C26H34N2O7. The van der Waals surface area contributed by atoms with Crippen LogP contribution in [0, 0.1) is 5.92 Å². The zero-order valence-corrected chi connectivity index (χ0v) is 20.0. The Bertz CT molecular complexity index is 949. The summed E-state index contributed by atoms with van der Waals surface area (Å²) in [5.41, 5.74) is 0.724. The fourth-order valence-corrected chi connectivity index (χ4v) is 3.52. The number of aliphatic hydroxyl groups excluding tert-OH is 1. The molecule has 190 valence electrons. The average Bonchev–Trinajstić information content (AvgIpc) is 3.67. The van der Waals surface area contributed by atoms with E-state index in [9.17, 15) is 9.90 Å². The van der Waals surface area contributed by atoms with Gasteiger partial charge in [-0.15, -0.1) is 0 Å². The van der Waals surface area contributed by atoms with Crippen LogP contribution in [0.25, 0.3) is 0 Å². The summed E-state index contributed by atoms with van der Waals surface area (Å²) in [5, 5.41) is 16.0. The van der Waals surface area contributed by atoms with E-state index in [0.29, 0.717) is 55.9 Å². The van der Waals surface area contributed by atoms with E-state index in [1.54, 1.807) is 36.4 Å². The maximum atomic E-state index is 11.0. The van der Waals surface area contributed by atoms with Crippen LogP contribution in [0.5, 0.6) is 23.0 Å². The molecule has 2 atom stereocenters. The molecule has 0 aromatic heterocycles. The normalized spacial score (nSPS) is 17.5. The molecule has 1 aliphatic heterocycles. The first-order valence-corrected chi connectivity index (χ1v) is 12.1. The van der Waals surface area contributed by atoms with Gasteiger partial charge in [-0.2, -0.15) is 0 Å². The van der Waals surface area contributed by atoms with E-state index in [2.05, 4.69) is 10.6 Å². The van der Waals surface area contributed by atoms with Crippen molar-refractivity contribution >= 4 is 11.6 Å². The molecule has 0 saturated heterocycles. The van der Waals surface area contributed by atoms with Crippen molar-refractivity contribution in [2.45, 2.75) is 32.0 Å². The van der Waals surface area contributed by atoms with Crippen molar-refractivity contribution in [1.29, 1.82) is 0 Å². The van der Waals surface area contributed by atoms with E-state index in [4.69, 9.17) is 23.7 Å². The number of amides is 1. The van der Waals surface area contributed by atoms with Gasteiger partial charge in [0, 0.05) is 38.4 Å². The Balaban J connectivity index is 1.08. The average molecular weight is 487 g/mol. The summed E-state index contributed by atoms with van der Waals surface area (Å²) in [6.07, 6.45) is 1.76. The number of anilines is 1. The quantitative estimate of drug-likeness (QED) is 0.350. The minimum absolute atomic E-state index is 0.104. The zero-order valence-electron chi connectivity index (χ0n) is 20.0. The molecule has 0 radical (unpaired) electrons. The minimum atomic E-state index is -0.673. The number of ether oxygens (including phenoxy) is 5. The molecule has 9 heteroatoms. The molecule has 2 aromatic rings. The highest BCUT2D eigenvalue weighted by atomic mass is 16.6. The Hall–Kier alpha value is -3.01. The first kappa shape index (κ1) is 25.1. The van der Waals surface area contributed by atoms with Gasteiger partial charge in [0.25, 0.3) is 0 Å². The van der Waals surface area contributed by atoms with Gasteiger partial charge >= 0.3 is 0 Å². The van der Waals surface area contributed by atoms with Gasteiger partial charge in [0.2, 0.25) is 5.91 Å². The second-order valence-corrected chi connectivity index (χ2v) is 8.86. The van der Waals surface area contributed by atoms with Gasteiger partial charge in [0.15, 0.2) is 17.6 Å². The Morgan fingerprint density at radius 3 is 2.66 bits per heavy atom. The van der Waals surface area contributed by atoms with Crippen molar-refractivity contribution in [1.82, 2.24) is 5.32 Å². The molecule has 1 saturated carbocycles. The number of carbonyl (C=O) groups is 1. The Morgan fingerprint density at radius 2 is 1.89 bits per heavy atom. The summed E-state index contributed by atoms with van der Waals surface area (Å²) < 4.78 is 28.8. The summed E-state index contributed by atoms with van der Waals surface area (Å²) >= 11 is 0. The van der Waals surface area contributed by atoms with Crippen LogP contribution in [0.1, 0.15) is 19.8 Å². The van der Waals surface area contributed by atoms with E-state index in [0.717, 1.165) is 18.2 Å². The van der Waals surface area contributed by atoms with Gasteiger partial charge in [0.1, 0.15) is 37.4 Å². The van der Waals surface area contributed by atoms with Crippen molar-refractivity contribution in [3.05, 3.63) is 42.5 Å². The lowest BCUT2D eigenvalue weighted by molar-refractivity contribution is -0.114. The van der Waals surface area contributed by atoms with Crippen LogP contribution in [-0.2, 0) is 9.53 Å². The molecule has 9 nitrogen and oxygen atoms in total. The Morgan fingerprint density at radius 1 is 1.09 bits per heavy atom. The lowest BCUT2D eigenvalue weighted by atomic mass is 10.2. The molecule has 4 rings (SSSR count). The highest BCUT2D eigenvalue weighted by Crippen LogP contribution is 2.35. The summed E-state index contributed by atoms with van der Waals surface area (Å²) in [5.74, 6) is 3.25. The van der Waals surface area contributed by atoms with Crippen LogP contribution in [0.4, 0.5) is 5.69 Å². The molecule has 3 N–H and O–H groups in total. The van der Waals surface area contributed by atoms with Crippen molar-refractivity contribution in [3.8, 4) is 23.0 Å². The van der Waals surface area contributed by atoms with E-state index in [1.165, 1.54) is 19.8 Å². The van der Waals surface area contributed by atoms with Crippen LogP contribution >= 0.6 is 0 Å². The first-order chi connectivity index (χ1) is 17.0. The highest BCUT2D eigenvalue weighted by molar-refractivity contribution is 5.88. The molecule has 1 heterocycles. The monoisotopic (exact) mass is 486 g/mol. The topological polar surface area (TPSA) is 108 Å². The fourth-order valence-electron chi connectivity index (χ4n) is 3.52. The molecule has 0 spiro atoms. The van der Waals surface area contributed by atoms with Crippen LogP contribution < -0.4 is 29.6 Å². The van der Waals surface area contributed by atoms with Crippen LogP contribution in [0.2, 0.25) is 0 Å². The zero-order chi connectivity index (χ0) is 24.5. The predicted molar refractivity (Wildman–Crippen MR) is 131 cm³/mol. The number of fused-ring (bicyclic) bond motifs is 1. The van der Waals surface area contributed by atoms with E-state index in [-0.39, 0.29) is 18.6 Å². The van der Waals surface area contributed by atoms with Crippen LogP contribution in [-0.4, -0.2) is 69.3 Å². The first-order valence-electron chi connectivity index (χ1n) is 12.1. The van der Waals surface area contributed by atoms with Gasteiger partial charge in [-0.1, -0.05) is 0 Å². The summed E-state index contributed by atoms with van der Waals surface area (Å²) in [7, 11) is 0. The third-order valence-corrected chi connectivity index (χ3v) is 5.53. The van der Waals surface area contributed by atoms with Crippen molar-refractivity contribution in [2.24, 2.45) is 5.92 Å². The second kappa shape index (κ2) is 12.6. The van der Waals surface area contributed by atoms with Gasteiger partial charge < -0.3 is 39.4 Å². The third-order valence-electron chi connectivity index (χ3n) is 5.53. The van der Waals surface area contributed by atoms with E-state index >= 15 is 0 Å². The molecule has 1 amide bonds. The minimum Gasteiger partial charge on any atom is -0.492 e. The van der Waals surface area contributed by atoms with Crippen molar-refractivity contribution < 1.29 is 33.6 Å². The molecule has 1 fully saturated rings. The second-order valence-electron chi connectivity index (χ2n) is 8.86. The number of carbonyl (C=O) groups excluding carboxylic acids is 1. The molecule has 2 aromatic carbocycles. The Labute approximate surface area is 205 Å². The molecule has 0 unspecified atom stereocenters. The largest absolute Gasteiger partial charge is 0.492 e. The number of benzene rings is 2. The van der Waals surface area contributed by atoms with Gasteiger partial charge in [-0.25, -0.2) is 0 Å². The molecule has 35 heavy (non-hydrogen) atoms. The Kier molecular flexibility index (Phi) is 9.05. The summed E-state index contributed by atoms with van der Waals surface area (Å²) in [6, 6.07) is 12.6. The summed E-state index contributed by atoms with van der Waals surface area (Å²) in [4.78, 5) is 11.0. The lowest BCUT2D eigenvalue weighted by Crippen LogP contribution is -2.34. The van der Waals surface area contributed by atoms with Crippen LogP contribution in [0.15, 0.2) is 42.5 Å². The fraction of sp³-hybridized carbons (Fsp3) is 0.500. The number of hydrogen-bond acceptors (Lipinski definition) is 8. The van der Waals surface area contributed by atoms with Gasteiger partial charge in [-0.05, 0) is 55.2 Å². The highest BCUT2D eigenvalue weighted by Gasteiger charge is 2.25. The maximum Gasteiger partial charge on any atom is 0.221 e. The third kappa shape index (κ3) is 8.61. The standard InChI is InChI=1S/C26H34N2O7/c1-18(29)28-20-4-6-22(7-5-20)32-11-10-27-13-21(30)15-33-23-8-9-25-26(12-23)34-17-24(35-25)16-31-14-19-2-3-19/h4-9,12,19,21,24,27,30H,2-3,10-11,13-17H2,1H3,(H,28,29)/t21-,24+/m0/s1. The number of nitrogens with one attached hydrogen (secondary N) is 2. The van der Waals surface area contributed by atoms with Gasteiger partial charge in [-0.3, -0.25) is 4.79 Å². The number of hydrogen-bond donors (Lipinski definition) is 3. The van der Waals surface area contributed by atoms with Crippen LogP contribution in [0.3, 0.4) is 0 Å². The van der Waals surface area contributed by atoms with Gasteiger partial charge in [0.05, 0.1) is 6.61 Å². The molecule has 2 aliphatic rings. The van der Waals surface area contributed by atoms with E-state index in [1.807, 2.05) is 6.07 Å². The lowest BCUT2D eigenvalue weighted by Gasteiger charge is -2.26. The summed E-state index contributed by atoms with van der Waals surface area (Å²) in [6.45, 7) is 4.78. The molecule has 0 bridgehead atoms.